The summed E-state index contributed by atoms with van der Waals surface area (Å²) in [7, 11) is 1.63. The monoisotopic (exact) mass is 548 g/mol. The van der Waals surface area contributed by atoms with Crippen LogP contribution in [0, 0.1) is 23.5 Å². The molecule has 5 nitrogen and oxygen atoms in total. The number of hydrogen-bond donors (Lipinski definition) is 1. The predicted molar refractivity (Wildman–Crippen MR) is 144 cm³/mol. The molecule has 1 saturated heterocycles. The molecule has 2 unspecified atom stereocenters. The number of carboxylic acid groups (broad SMARTS) is 1. The molecular formula is C28H31ClF2N2O3S. The number of methoxy groups -OCH3 is 1. The van der Waals surface area contributed by atoms with Crippen LogP contribution in [0.25, 0.3) is 10.9 Å². The van der Waals surface area contributed by atoms with Gasteiger partial charge in [-0.2, -0.15) is 0 Å². The third kappa shape index (κ3) is 7.33. The number of likely N-dealkylation sites (tertiary alicyclic amines) is 1. The molecule has 0 spiro atoms. The molecule has 2 aromatic carbocycles. The molecule has 9 heteroatoms. The second-order valence-electron chi connectivity index (χ2n) is 9.49. The Balaban J connectivity index is 1.34. The molecular weight excluding hydrogens is 518 g/mol. The van der Waals surface area contributed by atoms with E-state index in [0.29, 0.717) is 34.7 Å². The third-order valence-corrected chi connectivity index (χ3v) is 8.44. The second-order valence-corrected chi connectivity index (χ2v) is 11.0. The van der Waals surface area contributed by atoms with E-state index in [9.17, 15) is 18.7 Å². The van der Waals surface area contributed by atoms with E-state index in [1.165, 1.54) is 17.8 Å². The fourth-order valence-corrected chi connectivity index (χ4v) is 6.41. The van der Waals surface area contributed by atoms with Crippen LogP contribution in [0.1, 0.15) is 31.2 Å². The number of thioether (sulfide) groups is 1. The van der Waals surface area contributed by atoms with Crippen LogP contribution >= 0.6 is 23.4 Å². The molecule has 3 aromatic rings. The van der Waals surface area contributed by atoms with E-state index in [0.717, 1.165) is 66.6 Å². The molecule has 0 radical (unpaired) electrons. The Morgan fingerprint density at radius 3 is 2.86 bits per heavy atom. The zero-order valence-corrected chi connectivity index (χ0v) is 22.3. The van der Waals surface area contributed by atoms with Crippen molar-refractivity contribution >= 4 is 40.2 Å². The minimum absolute atomic E-state index is 0.0481. The van der Waals surface area contributed by atoms with Crippen LogP contribution in [-0.4, -0.2) is 53.5 Å². The molecule has 1 N–H and O–H groups in total. The fraction of sp³-hybridized carbons (Fsp3) is 0.429. The summed E-state index contributed by atoms with van der Waals surface area (Å²) in [4.78, 5) is 18.6. The van der Waals surface area contributed by atoms with E-state index >= 15 is 0 Å². The number of nitrogens with zero attached hydrogens (tertiary/aromatic N) is 2. The molecule has 0 aliphatic carbocycles. The topological polar surface area (TPSA) is 62.7 Å². The van der Waals surface area contributed by atoms with Crippen LogP contribution in [0.15, 0.2) is 47.5 Å². The summed E-state index contributed by atoms with van der Waals surface area (Å²) in [6, 6.07) is 9.24. The molecule has 0 bridgehead atoms. The number of aromatic nitrogens is 1. The zero-order chi connectivity index (χ0) is 26.4. The van der Waals surface area contributed by atoms with Gasteiger partial charge >= 0.3 is 5.97 Å². The number of ether oxygens (including phenoxy) is 1. The molecule has 1 aliphatic rings. The lowest BCUT2D eigenvalue weighted by atomic mass is 9.80. The Morgan fingerprint density at radius 2 is 2.08 bits per heavy atom. The zero-order valence-electron chi connectivity index (χ0n) is 20.8. The maximum Gasteiger partial charge on any atom is 0.303 e. The van der Waals surface area contributed by atoms with Crippen LogP contribution in [0.4, 0.5) is 8.78 Å². The summed E-state index contributed by atoms with van der Waals surface area (Å²) in [5.74, 6) is 0.0603. The normalized spacial score (nSPS) is 18.3. The number of rotatable bonds is 11. The number of carboxylic acids is 1. The van der Waals surface area contributed by atoms with Crippen molar-refractivity contribution in [2.24, 2.45) is 11.8 Å². The Morgan fingerprint density at radius 1 is 1.24 bits per heavy atom. The summed E-state index contributed by atoms with van der Waals surface area (Å²) in [6.45, 7) is 2.26. The molecule has 198 valence electrons. The largest absolute Gasteiger partial charge is 0.497 e. The van der Waals surface area contributed by atoms with E-state index in [2.05, 4.69) is 9.88 Å². The minimum Gasteiger partial charge on any atom is -0.497 e. The van der Waals surface area contributed by atoms with E-state index in [1.54, 1.807) is 13.3 Å². The van der Waals surface area contributed by atoms with Gasteiger partial charge in [0.2, 0.25) is 0 Å². The number of pyridine rings is 1. The average molecular weight is 549 g/mol. The van der Waals surface area contributed by atoms with Crippen molar-refractivity contribution in [3.63, 3.8) is 0 Å². The Hall–Kier alpha value is -2.42. The first-order chi connectivity index (χ1) is 17.8. The number of halogens is 3. The Labute approximate surface area is 225 Å². The summed E-state index contributed by atoms with van der Waals surface area (Å²) in [6.07, 6.45) is 5.31. The lowest BCUT2D eigenvalue weighted by Crippen LogP contribution is -2.42. The quantitative estimate of drug-likeness (QED) is 0.269. The lowest BCUT2D eigenvalue weighted by molar-refractivity contribution is -0.139. The van der Waals surface area contributed by atoms with Crippen LogP contribution in [0.2, 0.25) is 5.02 Å². The molecule has 2 atom stereocenters. The van der Waals surface area contributed by atoms with Gasteiger partial charge in [0.15, 0.2) is 0 Å². The van der Waals surface area contributed by atoms with Crippen molar-refractivity contribution in [2.45, 2.75) is 37.0 Å². The molecule has 1 aromatic heterocycles. The van der Waals surface area contributed by atoms with Crippen molar-refractivity contribution in [1.82, 2.24) is 9.88 Å². The summed E-state index contributed by atoms with van der Waals surface area (Å²) < 4.78 is 32.7. The lowest BCUT2D eigenvalue weighted by Gasteiger charge is -2.38. The number of carbonyl (C=O) groups is 1. The van der Waals surface area contributed by atoms with E-state index in [4.69, 9.17) is 16.3 Å². The molecule has 37 heavy (non-hydrogen) atoms. The van der Waals surface area contributed by atoms with Gasteiger partial charge in [-0.05, 0) is 86.0 Å². The first kappa shape index (κ1) is 27.6. The third-order valence-electron chi connectivity index (χ3n) is 7.11. The highest BCUT2D eigenvalue weighted by molar-refractivity contribution is 7.99. The van der Waals surface area contributed by atoms with Crippen molar-refractivity contribution in [3.05, 3.63) is 64.8 Å². The highest BCUT2D eigenvalue weighted by atomic mass is 35.5. The van der Waals surface area contributed by atoms with Gasteiger partial charge in [0.1, 0.15) is 17.4 Å². The maximum absolute atomic E-state index is 13.9. The molecule has 2 heterocycles. The van der Waals surface area contributed by atoms with Crippen LogP contribution < -0.4 is 4.74 Å². The van der Waals surface area contributed by atoms with Gasteiger partial charge in [0.25, 0.3) is 0 Å². The Bertz CT molecular complexity index is 1250. The average Bonchev–Trinajstić information content (AvgIpc) is 2.87. The molecule has 1 fully saturated rings. The van der Waals surface area contributed by atoms with E-state index < -0.39 is 17.6 Å². The number of aryl methyl sites for hydroxylation is 1. The molecule has 1 aliphatic heterocycles. The first-order valence-corrected chi connectivity index (χ1v) is 13.8. The smallest absolute Gasteiger partial charge is 0.303 e. The number of fused-ring (bicyclic) bond motifs is 1. The van der Waals surface area contributed by atoms with Crippen molar-refractivity contribution in [2.75, 3.05) is 32.5 Å². The van der Waals surface area contributed by atoms with Crippen molar-refractivity contribution in [1.29, 1.82) is 0 Å². The maximum atomic E-state index is 13.9. The number of piperidine rings is 1. The van der Waals surface area contributed by atoms with Gasteiger partial charge in [-0.1, -0.05) is 11.6 Å². The van der Waals surface area contributed by atoms with Crippen LogP contribution in [0.3, 0.4) is 0 Å². The van der Waals surface area contributed by atoms with Crippen molar-refractivity contribution < 1.29 is 23.4 Å². The summed E-state index contributed by atoms with van der Waals surface area (Å²) in [5.41, 5.74) is 1.91. The van der Waals surface area contributed by atoms with Crippen LogP contribution in [-0.2, 0) is 11.2 Å². The second kappa shape index (κ2) is 12.9. The predicted octanol–water partition coefficient (Wildman–Crippen LogP) is 6.70. The highest BCUT2D eigenvalue weighted by Crippen LogP contribution is 2.33. The van der Waals surface area contributed by atoms with E-state index in [-0.39, 0.29) is 12.3 Å². The minimum atomic E-state index is -0.789. The standard InChI is InChI=1S/C28H31ClF2N2O3S/c1-36-21-6-8-26-23(15-21)22(24(29)16-32-26)4-2-3-18-9-10-33(17-19(18)13-28(34)35)11-12-37-27-14-20(30)5-7-25(27)31/h5-8,14-16,18-19H,2-4,9-13,17H2,1H3,(H,34,35). The SMILES string of the molecule is COc1ccc2ncc(Cl)c(CCCC3CCN(CCSc4cc(F)ccc4F)CC3CC(=O)O)c2c1. The highest BCUT2D eigenvalue weighted by Gasteiger charge is 2.30. The first-order valence-electron chi connectivity index (χ1n) is 12.5. The van der Waals surface area contributed by atoms with Gasteiger partial charge in [-0.3, -0.25) is 9.78 Å². The number of aliphatic carboxylic acids is 1. The summed E-state index contributed by atoms with van der Waals surface area (Å²) in [5, 5.41) is 11.1. The Kier molecular flexibility index (Phi) is 9.62. The van der Waals surface area contributed by atoms with Gasteiger partial charge in [-0.15, -0.1) is 11.8 Å². The van der Waals surface area contributed by atoms with Crippen molar-refractivity contribution in [3.8, 4) is 5.75 Å². The van der Waals surface area contributed by atoms with E-state index in [1.807, 2.05) is 18.2 Å². The van der Waals surface area contributed by atoms with Gasteiger partial charge in [0.05, 0.1) is 17.6 Å². The molecule has 0 amide bonds. The summed E-state index contributed by atoms with van der Waals surface area (Å²) >= 11 is 7.80. The molecule has 4 rings (SSSR count). The fourth-order valence-electron chi connectivity index (χ4n) is 5.19. The number of benzene rings is 2. The van der Waals surface area contributed by atoms with Gasteiger partial charge < -0.3 is 14.7 Å². The molecule has 0 saturated carbocycles. The van der Waals surface area contributed by atoms with Gasteiger partial charge in [-0.25, -0.2) is 8.78 Å². The van der Waals surface area contributed by atoms with Crippen LogP contribution in [0.5, 0.6) is 5.75 Å². The number of hydrogen-bond acceptors (Lipinski definition) is 5. The van der Waals surface area contributed by atoms with Gasteiger partial charge in [0, 0.05) is 41.7 Å².